The van der Waals surface area contributed by atoms with Crippen LogP contribution in [0.1, 0.15) is 24.2 Å². The summed E-state index contributed by atoms with van der Waals surface area (Å²) in [4.78, 5) is 0. The molecule has 1 heterocycles. The van der Waals surface area contributed by atoms with Gasteiger partial charge in [0.15, 0.2) is 5.76 Å². The largest absolute Gasteiger partial charge is 0.358 e. The second-order valence-electron chi connectivity index (χ2n) is 4.19. The van der Waals surface area contributed by atoms with E-state index in [2.05, 4.69) is 18.1 Å². The van der Waals surface area contributed by atoms with Gasteiger partial charge < -0.3 is 10.3 Å². The van der Waals surface area contributed by atoms with Crippen molar-refractivity contribution in [3.63, 3.8) is 0 Å². The van der Waals surface area contributed by atoms with Crippen molar-refractivity contribution in [1.82, 2.24) is 5.16 Å². The van der Waals surface area contributed by atoms with E-state index in [1.54, 1.807) is 0 Å². The van der Waals surface area contributed by atoms with Crippen LogP contribution in [-0.4, -0.2) is 5.16 Å². The molecule has 0 radical (unpaired) electrons. The molecule has 0 atom stereocenters. The van der Waals surface area contributed by atoms with Crippen LogP contribution in [0.3, 0.4) is 0 Å². The molecule has 2 aromatic rings. The molecule has 72 valence electrons. The van der Waals surface area contributed by atoms with Gasteiger partial charge in [-0.05, 0) is 31.9 Å². The third-order valence-corrected chi connectivity index (χ3v) is 2.87. The molecule has 1 aliphatic rings. The van der Waals surface area contributed by atoms with Gasteiger partial charge in [0.2, 0.25) is 0 Å². The summed E-state index contributed by atoms with van der Waals surface area (Å²) in [5.41, 5.74) is 7.98. The first-order valence-electron chi connectivity index (χ1n) is 4.84. The van der Waals surface area contributed by atoms with Gasteiger partial charge in [-0.15, -0.1) is 0 Å². The molecule has 0 saturated heterocycles. The Balaban J connectivity index is 2.29. The Kier molecular flexibility index (Phi) is 1.35. The van der Waals surface area contributed by atoms with Crippen molar-refractivity contribution in [3.05, 3.63) is 29.5 Å². The van der Waals surface area contributed by atoms with E-state index < -0.39 is 0 Å². The Labute approximate surface area is 81.9 Å². The highest BCUT2D eigenvalue weighted by atomic mass is 16.5. The second-order valence-corrected chi connectivity index (χ2v) is 4.19. The Morgan fingerprint density at radius 3 is 2.93 bits per heavy atom. The van der Waals surface area contributed by atoms with Crippen LogP contribution < -0.4 is 5.73 Å². The number of hydrogen-bond donors (Lipinski definition) is 1. The molecule has 0 spiro atoms. The molecule has 0 bridgehead atoms. The molecular formula is C11H12N2O. The van der Waals surface area contributed by atoms with Gasteiger partial charge in [0, 0.05) is 5.39 Å². The van der Waals surface area contributed by atoms with Crippen molar-refractivity contribution in [2.45, 2.75) is 25.3 Å². The van der Waals surface area contributed by atoms with Crippen LogP contribution in [0.5, 0.6) is 0 Å². The third-order valence-electron chi connectivity index (χ3n) is 2.87. The molecule has 3 nitrogen and oxygen atoms in total. The van der Waals surface area contributed by atoms with Gasteiger partial charge in [0.1, 0.15) is 5.52 Å². The van der Waals surface area contributed by atoms with Crippen LogP contribution in [0.4, 0.5) is 0 Å². The summed E-state index contributed by atoms with van der Waals surface area (Å²) in [6.45, 7) is 2.06. The average Bonchev–Trinajstić information content (AvgIpc) is 2.77. The summed E-state index contributed by atoms with van der Waals surface area (Å²) in [6.07, 6.45) is 2.01. The predicted octanol–water partition coefficient (Wildman–Crippen LogP) is 2.08. The maximum atomic E-state index is 6.09. The van der Waals surface area contributed by atoms with Gasteiger partial charge in [-0.3, -0.25) is 0 Å². The Morgan fingerprint density at radius 1 is 1.43 bits per heavy atom. The SMILES string of the molecule is Cc1ccc2noc(C3(N)CC3)c2c1. The molecule has 0 aliphatic heterocycles. The number of aryl methyl sites for hydroxylation is 1. The molecule has 0 unspecified atom stereocenters. The smallest absolute Gasteiger partial charge is 0.164 e. The first-order valence-corrected chi connectivity index (χ1v) is 4.84. The minimum Gasteiger partial charge on any atom is -0.358 e. The zero-order chi connectivity index (χ0) is 9.76. The van der Waals surface area contributed by atoms with Gasteiger partial charge in [-0.1, -0.05) is 16.8 Å². The fourth-order valence-corrected chi connectivity index (χ4v) is 1.78. The minimum absolute atomic E-state index is 0.234. The van der Waals surface area contributed by atoms with Gasteiger partial charge >= 0.3 is 0 Å². The van der Waals surface area contributed by atoms with Crippen molar-refractivity contribution in [2.24, 2.45) is 5.73 Å². The van der Waals surface area contributed by atoms with Gasteiger partial charge in [0.25, 0.3) is 0 Å². The van der Waals surface area contributed by atoms with Crippen molar-refractivity contribution >= 4 is 10.9 Å². The first kappa shape index (κ1) is 8.00. The van der Waals surface area contributed by atoms with E-state index in [9.17, 15) is 0 Å². The lowest BCUT2D eigenvalue weighted by atomic mass is 10.1. The van der Waals surface area contributed by atoms with Crippen LogP contribution in [0.2, 0.25) is 0 Å². The highest BCUT2D eigenvalue weighted by molar-refractivity contribution is 5.82. The number of nitrogens with two attached hydrogens (primary N) is 1. The molecule has 1 fully saturated rings. The molecule has 2 N–H and O–H groups in total. The minimum atomic E-state index is -0.234. The van der Waals surface area contributed by atoms with E-state index in [1.807, 2.05) is 12.1 Å². The zero-order valence-electron chi connectivity index (χ0n) is 8.08. The highest BCUT2D eigenvalue weighted by Gasteiger charge is 2.45. The maximum Gasteiger partial charge on any atom is 0.164 e. The molecule has 3 rings (SSSR count). The molecule has 1 saturated carbocycles. The summed E-state index contributed by atoms with van der Waals surface area (Å²) in [6, 6.07) is 6.10. The molecule has 14 heavy (non-hydrogen) atoms. The number of benzene rings is 1. The maximum absolute atomic E-state index is 6.09. The summed E-state index contributed by atoms with van der Waals surface area (Å²) in [5, 5.41) is 5.09. The Bertz CT molecular complexity index is 497. The summed E-state index contributed by atoms with van der Waals surface area (Å²) < 4.78 is 5.32. The van der Waals surface area contributed by atoms with Crippen LogP contribution >= 0.6 is 0 Å². The topological polar surface area (TPSA) is 52.0 Å². The standard InChI is InChI=1S/C11H12N2O/c1-7-2-3-9-8(6-7)10(14-13-9)11(12)4-5-11/h2-3,6H,4-5,12H2,1H3. The summed E-state index contributed by atoms with van der Waals surface area (Å²) >= 11 is 0. The Hall–Kier alpha value is -1.35. The van der Waals surface area contributed by atoms with Gasteiger partial charge in [0.05, 0.1) is 5.54 Å². The number of nitrogens with zero attached hydrogens (tertiary/aromatic N) is 1. The third kappa shape index (κ3) is 0.990. The van der Waals surface area contributed by atoms with Crippen molar-refractivity contribution in [1.29, 1.82) is 0 Å². The molecule has 1 aliphatic carbocycles. The quantitative estimate of drug-likeness (QED) is 0.745. The normalized spacial score (nSPS) is 18.7. The zero-order valence-corrected chi connectivity index (χ0v) is 8.08. The fourth-order valence-electron chi connectivity index (χ4n) is 1.78. The van der Waals surface area contributed by atoms with Crippen molar-refractivity contribution in [3.8, 4) is 0 Å². The number of rotatable bonds is 1. The van der Waals surface area contributed by atoms with Crippen LogP contribution in [0.25, 0.3) is 10.9 Å². The first-order chi connectivity index (χ1) is 6.69. The van der Waals surface area contributed by atoms with Crippen LogP contribution in [0, 0.1) is 6.92 Å². The molecule has 1 aromatic heterocycles. The van der Waals surface area contributed by atoms with E-state index in [0.29, 0.717) is 0 Å². The van der Waals surface area contributed by atoms with E-state index in [0.717, 1.165) is 29.5 Å². The highest BCUT2D eigenvalue weighted by Crippen LogP contribution is 2.45. The van der Waals surface area contributed by atoms with E-state index in [4.69, 9.17) is 10.3 Å². The number of hydrogen-bond acceptors (Lipinski definition) is 3. The lowest BCUT2D eigenvalue weighted by Gasteiger charge is -2.02. The number of fused-ring (bicyclic) bond motifs is 1. The summed E-state index contributed by atoms with van der Waals surface area (Å²) in [7, 11) is 0. The fraction of sp³-hybridized carbons (Fsp3) is 0.364. The van der Waals surface area contributed by atoms with E-state index in [-0.39, 0.29) is 5.54 Å². The van der Waals surface area contributed by atoms with Crippen LogP contribution in [0.15, 0.2) is 22.7 Å². The molecule has 1 aromatic carbocycles. The van der Waals surface area contributed by atoms with Crippen LogP contribution in [-0.2, 0) is 5.54 Å². The Morgan fingerprint density at radius 2 is 2.21 bits per heavy atom. The number of aromatic nitrogens is 1. The van der Waals surface area contributed by atoms with E-state index >= 15 is 0 Å². The lowest BCUT2D eigenvalue weighted by Crippen LogP contribution is -2.17. The summed E-state index contributed by atoms with van der Waals surface area (Å²) in [5.74, 6) is 0.858. The average molecular weight is 188 g/mol. The monoisotopic (exact) mass is 188 g/mol. The van der Waals surface area contributed by atoms with Gasteiger partial charge in [-0.2, -0.15) is 0 Å². The predicted molar refractivity (Wildman–Crippen MR) is 53.8 cm³/mol. The second kappa shape index (κ2) is 2.36. The molecule has 3 heteroatoms. The van der Waals surface area contributed by atoms with E-state index in [1.165, 1.54) is 5.56 Å². The lowest BCUT2D eigenvalue weighted by molar-refractivity contribution is 0.362. The molecular weight excluding hydrogens is 176 g/mol. The van der Waals surface area contributed by atoms with Gasteiger partial charge in [-0.25, -0.2) is 0 Å². The molecule has 0 amide bonds. The van der Waals surface area contributed by atoms with Crippen molar-refractivity contribution < 1.29 is 4.52 Å². The van der Waals surface area contributed by atoms with Crippen molar-refractivity contribution in [2.75, 3.05) is 0 Å².